The van der Waals surface area contributed by atoms with Crippen molar-refractivity contribution in [2.45, 2.75) is 62.8 Å². The topological polar surface area (TPSA) is 75.7 Å². The van der Waals surface area contributed by atoms with E-state index in [0.29, 0.717) is 11.4 Å². The Hall–Kier alpha value is -2.54. The van der Waals surface area contributed by atoms with Crippen molar-refractivity contribution >= 4 is 21.6 Å². The lowest BCUT2D eigenvalue weighted by Crippen LogP contribution is -2.38. The Balaban J connectivity index is 1.54. The summed E-state index contributed by atoms with van der Waals surface area (Å²) in [5, 5.41) is 3.08. The summed E-state index contributed by atoms with van der Waals surface area (Å²) in [6.45, 7) is 1.87. The Morgan fingerprint density at radius 3 is 2.16 bits per heavy atom. The van der Waals surface area contributed by atoms with Crippen LogP contribution in [0.2, 0.25) is 0 Å². The summed E-state index contributed by atoms with van der Waals surface area (Å²) in [5.41, 5.74) is 1.52. The van der Waals surface area contributed by atoms with Gasteiger partial charge in [-0.1, -0.05) is 49.8 Å². The number of amides is 1. The van der Waals surface area contributed by atoms with Gasteiger partial charge in [0, 0.05) is 13.1 Å². The van der Waals surface area contributed by atoms with Crippen molar-refractivity contribution < 1.29 is 17.9 Å². The molecule has 0 aliphatic heterocycles. The first kappa shape index (κ1) is 23.1. The Morgan fingerprint density at radius 2 is 1.55 bits per heavy atom. The minimum atomic E-state index is -3.64. The van der Waals surface area contributed by atoms with Crippen LogP contribution in [0.1, 0.15) is 50.5 Å². The lowest BCUT2D eigenvalue weighted by atomic mass is 9.97. The van der Waals surface area contributed by atoms with Gasteiger partial charge in [-0.05, 0) is 56.2 Å². The third-order valence-corrected chi connectivity index (χ3v) is 7.52. The van der Waals surface area contributed by atoms with Crippen LogP contribution in [0.5, 0.6) is 5.75 Å². The Labute approximate surface area is 185 Å². The first-order chi connectivity index (χ1) is 14.9. The number of anilines is 1. The number of ether oxygens (including phenoxy) is 1. The molecule has 0 heterocycles. The molecular formula is C24H32N2O4S. The average Bonchev–Trinajstić information content (AvgIpc) is 2.74. The number of sulfonamides is 1. The summed E-state index contributed by atoms with van der Waals surface area (Å²) in [5.74, 6) is 0.409. The molecule has 7 heteroatoms. The summed E-state index contributed by atoms with van der Waals surface area (Å²) in [6.07, 6.45) is 8.15. The predicted molar refractivity (Wildman–Crippen MR) is 123 cm³/mol. The highest BCUT2D eigenvalue weighted by Gasteiger charge is 2.21. The molecule has 1 fully saturated rings. The van der Waals surface area contributed by atoms with E-state index < -0.39 is 10.0 Å². The zero-order chi connectivity index (χ0) is 22.3. The third-order valence-electron chi connectivity index (χ3n) is 5.72. The summed E-state index contributed by atoms with van der Waals surface area (Å²) in [6, 6.07) is 13.7. The van der Waals surface area contributed by atoms with Gasteiger partial charge in [-0.3, -0.25) is 9.10 Å². The van der Waals surface area contributed by atoms with E-state index in [-0.39, 0.29) is 23.5 Å². The van der Waals surface area contributed by atoms with E-state index in [1.54, 1.807) is 48.5 Å². The van der Waals surface area contributed by atoms with E-state index in [1.165, 1.54) is 30.6 Å². The van der Waals surface area contributed by atoms with Crippen LogP contribution in [0, 0.1) is 6.92 Å². The fourth-order valence-electron chi connectivity index (χ4n) is 3.78. The van der Waals surface area contributed by atoms with Gasteiger partial charge in [0.15, 0.2) is 6.61 Å². The molecule has 6 nitrogen and oxygen atoms in total. The minimum Gasteiger partial charge on any atom is -0.484 e. The summed E-state index contributed by atoms with van der Waals surface area (Å²) in [7, 11) is -2.12. The molecule has 1 aliphatic rings. The average molecular weight is 445 g/mol. The van der Waals surface area contributed by atoms with E-state index in [0.717, 1.165) is 31.2 Å². The van der Waals surface area contributed by atoms with Crippen molar-refractivity contribution in [3.8, 4) is 5.75 Å². The van der Waals surface area contributed by atoms with Gasteiger partial charge in [0.25, 0.3) is 15.9 Å². The fourth-order valence-corrected chi connectivity index (χ4v) is 4.97. The predicted octanol–water partition coefficient (Wildman–Crippen LogP) is 4.43. The maximum Gasteiger partial charge on any atom is 0.264 e. The number of carbonyl (C=O) groups is 1. The second-order valence-electron chi connectivity index (χ2n) is 8.18. The highest BCUT2D eigenvalue weighted by atomic mass is 32.2. The zero-order valence-electron chi connectivity index (χ0n) is 18.3. The van der Waals surface area contributed by atoms with Crippen LogP contribution >= 0.6 is 0 Å². The van der Waals surface area contributed by atoms with Crippen molar-refractivity contribution in [1.82, 2.24) is 5.32 Å². The van der Waals surface area contributed by atoms with Gasteiger partial charge >= 0.3 is 0 Å². The normalized spacial score (nSPS) is 15.5. The molecule has 0 atom stereocenters. The smallest absolute Gasteiger partial charge is 0.264 e. The lowest BCUT2D eigenvalue weighted by molar-refractivity contribution is -0.123. The van der Waals surface area contributed by atoms with Crippen molar-refractivity contribution in [3.05, 3.63) is 54.1 Å². The Morgan fingerprint density at radius 1 is 0.968 bits per heavy atom. The molecular weight excluding hydrogens is 412 g/mol. The quantitative estimate of drug-likeness (QED) is 0.686. The van der Waals surface area contributed by atoms with Crippen molar-refractivity contribution in [2.24, 2.45) is 0 Å². The molecule has 0 aromatic heterocycles. The molecule has 0 unspecified atom stereocenters. The number of aryl methyl sites for hydroxylation is 1. The van der Waals surface area contributed by atoms with Crippen LogP contribution < -0.4 is 14.4 Å². The van der Waals surface area contributed by atoms with E-state index in [9.17, 15) is 13.2 Å². The van der Waals surface area contributed by atoms with E-state index in [2.05, 4.69) is 5.32 Å². The number of nitrogens with one attached hydrogen (secondary N) is 1. The number of hydrogen-bond donors (Lipinski definition) is 1. The number of nitrogens with zero attached hydrogens (tertiary/aromatic N) is 1. The third kappa shape index (κ3) is 6.47. The highest BCUT2D eigenvalue weighted by Crippen LogP contribution is 2.24. The van der Waals surface area contributed by atoms with Crippen molar-refractivity contribution in [3.63, 3.8) is 0 Å². The monoisotopic (exact) mass is 444 g/mol. The maximum absolute atomic E-state index is 12.8. The molecule has 0 saturated heterocycles. The number of carbonyl (C=O) groups excluding carboxylic acids is 1. The second-order valence-corrected chi connectivity index (χ2v) is 10.1. The van der Waals surface area contributed by atoms with Gasteiger partial charge < -0.3 is 10.1 Å². The van der Waals surface area contributed by atoms with Gasteiger partial charge in [-0.2, -0.15) is 0 Å². The van der Waals surface area contributed by atoms with E-state index in [4.69, 9.17) is 4.74 Å². The molecule has 3 rings (SSSR count). The molecule has 0 spiro atoms. The highest BCUT2D eigenvalue weighted by molar-refractivity contribution is 7.92. The molecule has 168 valence electrons. The molecule has 1 aliphatic carbocycles. The second kappa shape index (κ2) is 10.7. The SMILES string of the molecule is Cc1ccc(S(=O)(=O)N(C)c2ccc(OCC(=O)NC3CCCCCCC3)cc2)cc1. The van der Waals surface area contributed by atoms with Gasteiger partial charge in [-0.25, -0.2) is 8.42 Å². The number of rotatable bonds is 7. The van der Waals surface area contributed by atoms with Crippen LogP contribution in [-0.4, -0.2) is 34.0 Å². The van der Waals surface area contributed by atoms with Crippen LogP contribution in [0.4, 0.5) is 5.69 Å². The zero-order valence-corrected chi connectivity index (χ0v) is 19.2. The van der Waals surface area contributed by atoms with Gasteiger partial charge in [-0.15, -0.1) is 0 Å². The van der Waals surface area contributed by atoms with Crippen LogP contribution in [0.15, 0.2) is 53.4 Å². The van der Waals surface area contributed by atoms with E-state index in [1.807, 2.05) is 6.92 Å². The lowest BCUT2D eigenvalue weighted by Gasteiger charge is -2.21. The molecule has 1 N–H and O–H groups in total. The van der Waals surface area contributed by atoms with Gasteiger partial charge in [0.2, 0.25) is 0 Å². The van der Waals surface area contributed by atoms with Gasteiger partial charge in [0.05, 0.1) is 10.6 Å². The molecule has 0 radical (unpaired) electrons. The Bertz CT molecular complexity index is 948. The largest absolute Gasteiger partial charge is 0.484 e. The molecule has 2 aromatic rings. The van der Waals surface area contributed by atoms with Crippen molar-refractivity contribution in [2.75, 3.05) is 18.0 Å². The van der Waals surface area contributed by atoms with Crippen LogP contribution in [0.3, 0.4) is 0 Å². The molecule has 0 bridgehead atoms. The van der Waals surface area contributed by atoms with Crippen LogP contribution in [0.25, 0.3) is 0 Å². The maximum atomic E-state index is 12.8. The Kier molecular flexibility index (Phi) is 7.96. The molecule has 2 aromatic carbocycles. The first-order valence-electron chi connectivity index (χ1n) is 10.9. The summed E-state index contributed by atoms with van der Waals surface area (Å²) >= 11 is 0. The van der Waals surface area contributed by atoms with E-state index >= 15 is 0 Å². The summed E-state index contributed by atoms with van der Waals surface area (Å²) < 4.78 is 32.5. The number of hydrogen-bond acceptors (Lipinski definition) is 4. The molecule has 1 saturated carbocycles. The standard InChI is InChI=1S/C24H32N2O4S/c1-19-10-16-23(17-11-19)31(28,29)26(2)21-12-14-22(15-13-21)30-18-24(27)25-20-8-6-4-3-5-7-9-20/h10-17,20H,3-9,18H2,1-2H3,(H,25,27). The minimum absolute atomic E-state index is 0.0483. The fraction of sp³-hybridized carbons (Fsp3) is 0.458. The van der Waals surface area contributed by atoms with Gasteiger partial charge in [0.1, 0.15) is 5.75 Å². The molecule has 31 heavy (non-hydrogen) atoms. The summed E-state index contributed by atoms with van der Waals surface area (Å²) in [4.78, 5) is 12.5. The molecule has 1 amide bonds. The first-order valence-corrected chi connectivity index (χ1v) is 12.4. The van der Waals surface area contributed by atoms with Crippen molar-refractivity contribution in [1.29, 1.82) is 0 Å². The van der Waals surface area contributed by atoms with Crippen LogP contribution in [-0.2, 0) is 14.8 Å². The number of benzene rings is 2.